The molecule has 1 aromatic carbocycles. The Morgan fingerprint density at radius 2 is 1.54 bits per heavy atom. The van der Waals surface area contributed by atoms with Crippen LogP contribution in [0.4, 0.5) is 4.39 Å². The normalized spacial score (nSPS) is 29.7. The number of halogens is 2. The van der Waals surface area contributed by atoms with Crippen molar-refractivity contribution in [3.63, 3.8) is 0 Å². The molecular formula is C21H30ClFN2O. The molecule has 2 saturated heterocycles. The van der Waals surface area contributed by atoms with E-state index < -0.39 is 5.82 Å². The van der Waals surface area contributed by atoms with Crippen LogP contribution in [0.25, 0.3) is 0 Å². The van der Waals surface area contributed by atoms with E-state index in [1.165, 1.54) is 57.4 Å². The zero-order valence-electron chi connectivity index (χ0n) is 15.3. The second kappa shape index (κ2) is 8.71. The Labute approximate surface area is 162 Å². The molecule has 1 amide bonds. The molecule has 2 bridgehead atoms. The van der Waals surface area contributed by atoms with Crippen molar-refractivity contribution in [2.24, 2.45) is 0 Å². The number of carbonyl (C=O) groups is 1. The second-order valence-electron chi connectivity index (χ2n) is 8.10. The van der Waals surface area contributed by atoms with Crippen molar-refractivity contribution in [1.82, 2.24) is 10.2 Å². The van der Waals surface area contributed by atoms with E-state index in [2.05, 4.69) is 10.2 Å². The highest BCUT2D eigenvalue weighted by atomic mass is 35.5. The van der Waals surface area contributed by atoms with Crippen molar-refractivity contribution < 1.29 is 9.18 Å². The van der Waals surface area contributed by atoms with Gasteiger partial charge in [0.25, 0.3) is 5.91 Å². The third-order valence-corrected chi connectivity index (χ3v) is 6.48. The standard InChI is InChI=1S/C21H29FN2O.ClH/c22-20-12-5-4-11-19(20)21(25)23-15-13-17-9-6-10-18(14-15)24(17)16-7-2-1-3-8-16;/h4-5,11-12,15-18H,1-3,6-10,13-14H2,(H,23,25);1H. The molecule has 3 nitrogen and oxygen atoms in total. The smallest absolute Gasteiger partial charge is 0.254 e. The summed E-state index contributed by atoms with van der Waals surface area (Å²) < 4.78 is 13.9. The van der Waals surface area contributed by atoms with Crippen molar-refractivity contribution in [2.45, 2.75) is 88.4 Å². The van der Waals surface area contributed by atoms with E-state index in [1.54, 1.807) is 18.2 Å². The molecule has 3 aliphatic rings. The summed E-state index contributed by atoms with van der Waals surface area (Å²) in [6, 6.07) is 8.41. The molecule has 26 heavy (non-hydrogen) atoms. The zero-order valence-corrected chi connectivity index (χ0v) is 16.1. The second-order valence-corrected chi connectivity index (χ2v) is 8.10. The van der Waals surface area contributed by atoms with E-state index in [9.17, 15) is 9.18 Å². The number of fused-ring (bicyclic) bond motifs is 2. The molecule has 2 unspecified atom stereocenters. The van der Waals surface area contributed by atoms with Crippen molar-refractivity contribution in [3.8, 4) is 0 Å². The van der Waals surface area contributed by atoms with Gasteiger partial charge in [0.05, 0.1) is 5.56 Å². The van der Waals surface area contributed by atoms with Crippen LogP contribution in [0.2, 0.25) is 0 Å². The van der Waals surface area contributed by atoms with Crippen LogP contribution in [-0.2, 0) is 0 Å². The lowest BCUT2D eigenvalue weighted by atomic mass is 9.78. The van der Waals surface area contributed by atoms with Crippen LogP contribution in [0.3, 0.4) is 0 Å². The van der Waals surface area contributed by atoms with Gasteiger partial charge in [0.1, 0.15) is 5.82 Å². The van der Waals surface area contributed by atoms with Crippen molar-refractivity contribution in [2.75, 3.05) is 0 Å². The molecule has 1 aliphatic carbocycles. The first-order chi connectivity index (χ1) is 12.2. The molecule has 2 heterocycles. The van der Waals surface area contributed by atoms with Gasteiger partial charge in [-0.3, -0.25) is 9.69 Å². The summed E-state index contributed by atoms with van der Waals surface area (Å²) in [6.07, 6.45) is 12.7. The topological polar surface area (TPSA) is 32.3 Å². The Balaban J connectivity index is 0.00000196. The summed E-state index contributed by atoms with van der Waals surface area (Å²) in [5.41, 5.74) is 0.169. The van der Waals surface area contributed by atoms with Crippen molar-refractivity contribution in [3.05, 3.63) is 35.6 Å². The molecule has 0 aromatic heterocycles. The Kier molecular flexibility index (Phi) is 6.57. The first kappa shape index (κ1) is 19.6. The molecule has 1 N–H and O–H groups in total. The Morgan fingerprint density at radius 1 is 0.923 bits per heavy atom. The monoisotopic (exact) mass is 380 g/mol. The number of amides is 1. The predicted molar refractivity (Wildman–Crippen MR) is 104 cm³/mol. The zero-order chi connectivity index (χ0) is 17.2. The minimum Gasteiger partial charge on any atom is -0.349 e. The molecule has 3 fully saturated rings. The average molecular weight is 381 g/mol. The molecule has 1 saturated carbocycles. The summed E-state index contributed by atoms with van der Waals surface area (Å²) in [5.74, 6) is -0.688. The maximum atomic E-state index is 13.9. The van der Waals surface area contributed by atoms with E-state index >= 15 is 0 Å². The number of nitrogens with one attached hydrogen (secondary N) is 1. The molecule has 2 aliphatic heterocycles. The van der Waals surface area contributed by atoms with Gasteiger partial charge in [0, 0.05) is 24.2 Å². The number of hydrogen-bond donors (Lipinski definition) is 1. The van der Waals surface area contributed by atoms with Crippen molar-refractivity contribution >= 4 is 18.3 Å². The molecule has 1 aromatic rings. The Bertz CT molecular complexity index is 606. The average Bonchev–Trinajstić information content (AvgIpc) is 2.62. The fourth-order valence-electron chi connectivity index (χ4n) is 5.42. The van der Waals surface area contributed by atoms with Gasteiger partial charge in [0.15, 0.2) is 0 Å². The van der Waals surface area contributed by atoms with E-state index in [1.807, 2.05) is 0 Å². The largest absolute Gasteiger partial charge is 0.349 e. The van der Waals surface area contributed by atoms with Crippen LogP contribution in [0.5, 0.6) is 0 Å². The van der Waals surface area contributed by atoms with Gasteiger partial charge in [-0.25, -0.2) is 4.39 Å². The summed E-state index contributed by atoms with van der Waals surface area (Å²) in [4.78, 5) is 15.3. The lowest BCUT2D eigenvalue weighted by Gasteiger charge is -2.53. The molecular weight excluding hydrogens is 351 g/mol. The summed E-state index contributed by atoms with van der Waals surface area (Å²) in [5, 5.41) is 3.12. The SMILES string of the molecule is Cl.O=C(NC1CC2CCCC(C1)N2C1CCCCC1)c1ccccc1F. The highest BCUT2D eigenvalue weighted by molar-refractivity contribution is 5.94. The first-order valence-electron chi connectivity index (χ1n) is 10.0. The van der Waals surface area contributed by atoms with Gasteiger partial charge in [0.2, 0.25) is 0 Å². The Hall–Kier alpha value is -1.13. The lowest BCUT2D eigenvalue weighted by molar-refractivity contribution is -0.0212. The number of benzene rings is 1. The van der Waals surface area contributed by atoms with Gasteiger partial charge < -0.3 is 5.32 Å². The highest BCUT2D eigenvalue weighted by Crippen LogP contribution is 2.39. The number of carbonyl (C=O) groups excluding carboxylic acids is 1. The van der Waals surface area contributed by atoms with Gasteiger partial charge in [-0.05, 0) is 50.7 Å². The first-order valence-corrected chi connectivity index (χ1v) is 10.0. The summed E-state index contributed by atoms with van der Waals surface area (Å²) in [6.45, 7) is 0. The predicted octanol–water partition coefficient (Wildman–Crippen LogP) is 4.70. The molecule has 0 spiro atoms. The molecule has 5 heteroatoms. The van der Waals surface area contributed by atoms with Crippen molar-refractivity contribution in [1.29, 1.82) is 0 Å². The van der Waals surface area contributed by atoms with E-state index in [0.29, 0.717) is 12.1 Å². The highest BCUT2D eigenvalue weighted by Gasteiger charge is 2.42. The maximum Gasteiger partial charge on any atom is 0.254 e. The third kappa shape index (κ3) is 4.07. The lowest BCUT2D eigenvalue weighted by Crippen LogP contribution is -2.60. The summed E-state index contributed by atoms with van der Waals surface area (Å²) in [7, 11) is 0. The van der Waals surface area contributed by atoms with E-state index in [4.69, 9.17) is 0 Å². The van der Waals surface area contributed by atoms with Crippen LogP contribution < -0.4 is 5.32 Å². The number of piperidine rings is 2. The molecule has 0 radical (unpaired) electrons. The van der Waals surface area contributed by atoms with Crippen LogP contribution in [0.15, 0.2) is 24.3 Å². The van der Waals surface area contributed by atoms with Gasteiger partial charge >= 0.3 is 0 Å². The quantitative estimate of drug-likeness (QED) is 0.824. The van der Waals surface area contributed by atoms with E-state index in [0.717, 1.165) is 18.9 Å². The molecule has 2 atom stereocenters. The number of rotatable bonds is 3. The fourth-order valence-corrected chi connectivity index (χ4v) is 5.42. The molecule has 144 valence electrons. The third-order valence-electron chi connectivity index (χ3n) is 6.48. The number of nitrogens with zero attached hydrogens (tertiary/aromatic N) is 1. The van der Waals surface area contributed by atoms with E-state index in [-0.39, 0.29) is 29.9 Å². The minimum absolute atomic E-state index is 0. The van der Waals surface area contributed by atoms with Crippen LogP contribution >= 0.6 is 12.4 Å². The van der Waals surface area contributed by atoms with Crippen LogP contribution in [0, 0.1) is 5.82 Å². The van der Waals surface area contributed by atoms with Gasteiger partial charge in [-0.15, -0.1) is 12.4 Å². The Morgan fingerprint density at radius 3 is 2.19 bits per heavy atom. The number of hydrogen-bond acceptors (Lipinski definition) is 2. The fraction of sp³-hybridized carbons (Fsp3) is 0.667. The van der Waals surface area contributed by atoms with Gasteiger partial charge in [-0.2, -0.15) is 0 Å². The minimum atomic E-state index is -0.431. The molecule has 4 rings (SSSR count). The van der Waals surface area contributed by atoms with Crippen LogP contribution in [-0.4, -0.2) is 35.0 Å². The van der Waals surface area contributed by atoms with Gasteiger partial charge in [-0.1, -0.05) is 37.8 Å². The van der Waals surface area contributed by atoms with Crippen LogP contribution in [0.1, 0.15) is 74.6 Å². The maximum absolute atomic E-state index is 13.9. The summed E-state index contributed by atoms with van der Waals surface area (Å²) >= 11 is 0.